The molecule has 4 heteroatoms. The first-order chi connectivity index (χ1) is 5.31. The molecule has 0 aliphatic rings. The summed E-state index contributed by atoms with van der Waals surface area (Å²) in [5.41, 5.74) is 11.0. The highest BCUT2D eigenvalue weighted by atomic mass is 15.3. The summed E-state index contributed by atoms with van der Waals surface area (Å²) >= 11 is 0. The lowest BCUT2D eigenvalue weighted by Crippen LogP contribution is -2.26. The molecule has 0 radical (unpaired) electrons. The van der Waals surface area contributed by atoms with Crippen molar-refractivity contribution in [3.63, 3.8) is 0 Å². The van der Waals surface area contributed by atoms with Crippen LogP contribution in [0.1, 0.15) is 0 Å². The van der Waals surface area contributed by atoms with Gasteiger partial charge in [-0.2, -0.15) is 0 Å². The Morgan fingerprint density at radius 2 is 2.27 bits per heavy atom. The van der Waals surface area contributed by atoms with Crippen molar-refractivity contribution < 1.29 is 0 Å². The highest BCUT2D eigenvalue weighted by Crippen LogP contribution is 1.79. The molecule has 0 amide bonds. The largest absolute Gasteiger partial charge is 0.329 e. The third-order valence-electron chi connectivity index (χ3n) is 1.27. The molecule has 0 saturated heterocycles. The molecule has 0 fully saturated rings. The molecule has 0 aliphatic carbocycles. The highest BCUT2D eigenvalue weighted by Gasteiger charge is 1.89. The Bertz CT molecular complexity index is 103. The number of likely N-dealkylation sites (N-methyl/N-ethyl adjacent to an activating group) is 1. The summed E-state index contributed by atoms with van der Waals surface area (Å²) < 4.78 is 0. The van der Waals surface area contributed by atoms with Crippen molar-refractivity contribution in [3.05, 3.63) is 12.3 Å². The Labute approximate surface area is 68.4 Å². The number of rotatable bonds is 6. The summed E-state index contributed by atoms with van der Waals surface area (Å²) in [6, 6.07) is 0. The van der Waals surface area contributed by atoms with E-state index >= 15 is 0 Å². The van der Waals surface area contributed by atoms with Gasteiger partial charge in [-0.1, -0.05) is 6.08 Å². The second-order valence-corrected chi connectivity index (χ2v) is 2.35. The molecule has 0 spiro atoms. The quantitative estimate of drug-likeness (QED) is 0.439. The van der Waals surface area contributed by atoms with Crippen LogP contribution in [0.15, 0.2) is 12.3 Å². The van der Waals surface area contributed by atoms with E-state index in [1.165, 1.54) is 0 Å². The minimum Gasteiger partial charge on any atom is -0.329 e. The minimum atomic E-state index is 0.712. The fraction of sp³-hybridized carbons (Fsp3) is 0.714. The molecule has 0 aliphatic heterocycles. The van der Waals surface area contributed by atoms with E-state index < -0.39 is 0 Å². The smallest absolute Gasteiger partial charge is 0.0178 e. The van der Waals surface area contributed by atoms with Crippen LogP contribution in [0, 0.1) is 0 Å². The average Bonchev–Trinajstić information content (AvgIpc) is 1.99. The summed E-state index contributed by atoms with van der Waals surface area (Å²) in [5, 5.41) is 0. The SMILES string of the molecule is CNN/C=C/CN(C)CCN. The van der Waals surface area contributed by atoms with Crippen LogP contribution in [0.4, 0.5) is 0 Å². The average molecular weight is 158 g/mol. The number of nitrogens with zero attached hydrogens (tertiary/aromatic N) is 1. The van der Waals surface area contributed by atoms with Crippen LogP contribution in [-0.4, -0.2) is 38.6 Å². The van der Waals surface area contributed by atoms with Gasteiger partial charge in [0.25, 0.3) is 0 Å². The maximum atomic E-state index is 5.37. The maximum Gasteiger partial charge on any atom is 0.0178 e. The van der Waals surface area contributed by atoms with Crippen molar-refractivity contribution in [3.8, 4) is 0 Å². The number of hydrazine groups is 1. The molecule has 0 atom stereocenters. The van der Waals surface area contributed by atoms with Gasteiger partial charge in [0.2, 0.25) is 0 Å². The van der Waals surface area contributed by atoms with E-state index in [9.17, 15) is 0 Å². The third kappa shape index (κ3) is 7.32. The van der Waals surface area contributed by atoms with Gasteiger partial charge in [-0.15, -0.1) is 0 Å². The van der Waals surface area contributed by atoms with Gasteiger partial charge >= 0.3 is 0 Å². The number of hydrogen-bond donors (Lipinski definition) is 3. The van der Waals surface area contributed by atoms with Crippen LogP contribution in [0.25, 0.3) is 0 Å². The summed E-state index contributed by atoms with van der Waals surface area (Å²) in [7, 11) is 3.87. The lowest BCUT2D eigenvalue weighted by atomic mass is 10.5. The molecule has 0 aromatic rings. The van der Waals surface area contributed by atoms with E-state index in [2.05, 4.69) is 15.8 Å². The van der Waals surface area contributed by atoms with E-state index in [1.807, 2.05) is 26.4 Å². The summed E-state index contributed by atoms with van der Waals surface area (Å²) in [4.78, 5) is 2.15. The van der Waals surface area contributed by atoms with Crippen molar-refractivity contribution in [1.82, 2.24) is 15.8 Å². The minimum absolute atomic E-state index is 0.712. The zero-order valence-corrected chi connectivity index (χ0v) is 7.30. The van der Waals surface area contributed by atoms with E-state index in [0.29, 0.717) is 6.54 Å². The molecule has 0 aromatic heterocycles. The van der Waals surface area contributed by atoms with Crippen molar-refractivity contribution >= 4 is 0 Å². The third-order valence-corrected chi connectivity index (χ3v) is 1.27. The standard InChI is InChI=1S/C7H18N4/c1-9-10-5-3-6-11(2)7-4-8/h3,5,9-10H,4,6-8H2,1-2H3/b5-3+. The molecule has 0 aromatic carbocycles. The second kappa shape index (κ2) is 7.53. The molecule has 0 heterocycles. The Morgan fingerprint density at radius 3 is 2.82 bits per heavy atom. The Kier molecular flexibility index (Phi) is 7.13. The van der Waals surface area contributed by atoms with Crippen molar-refractivity contribution in [1.29, 1.82) is 0 Å². The van der Waals surface area contributed by atoms with E-state index in [-0.39, 0.29) is 0 Å². The molecule has 66 valence electrons. The molecule has 0 rings (SSSR count). The molecular weight excluding hydrogens is 140 g/mol. The Morgan fingerprint density at radius 1 is 1.55 bits per heavy atom. The highest BCUT2D eigenvalue weighted by molar-refractivity contribution is 4.80. The van der Waals surface area contributed by atoms with Crippen LogP contribution in [0.5, 0.6) is 0 Å². The van der Waals surface area contributed by atoms with Gasteiger partial charge in [0.1, 0.15) is 0 Å². The van der Waals surface area contributed by atoms with Crippen molar-refractivity contribution in [2.75, 3.05) is 33.7 Å². The zero-order chi connectivity index (χ0) is 8.53. The van der Waals surface area contributed by atoms with Gasteiger partial charge in [0.05, 0.1) is 0 Å². The lowest BCUT2D eigenvalue weighted by molar-refractivity contribution is 0.380. The van der Waals surface area contributed by atoms with Crippen LogP contribution < -0.4 is 16.6 Å². The Hall–Kier alpha value is -0.580. The van der Waals surface area contributed by atoms with E-state index in [1.54, 1.807) is 0 Å². The predicted octanol–water partition coefficient (Wildman–Crippen LogP) is -0.885. The first-order valence-electron chi connectivity index (χ1n) is 3.77. The van der Waals surface area contributed by atoms with E-state index in [0.717, 1.165) is 13.1 Å². The molecule has 4 N–H and O–H groups in total. The van der Waals surface area contributed by atoms with Crippen LogP contribution in [0.3, 0.4) is 0 Å². The number of nitrogens with one attached hydrogen (secondary N) is 2. The van der Waals surface area contributed by atoms with Gasteiger partial charge in [-0.25, -0.2) is 5.43 Å². The first kappa shape index (κ1) is 10.4. The molecule has 0 bridgehead atoms. The van der Waals surface area contributed by atoms with Gasteiger partial charge in [-0.05, 0) is 7.05 Å². The lowest BCUT2D eigenvalue weighted by Gasteiger charge is -2.11. The second-order valence-electron chi connectivity index (χ2n) is 2.35. The molecule has 4 nitrogen and oxygen atoms in total. The Balaban J connectivity index is 3.21. The van der Waals surface area contributed by atoms with Gasteiger partial charge < -0.3 is 16.1 Å². The fourth-order valence-corrected chi connectivity index (χ4v) is 0.687. The maximum absolute atomic E-state index is 5.37. The van der Waals surface area contributed by atoms with Crippen LogP contribution in [0.2, 0.25) is 0 Å². The van der Waals surface area contributed by atoms with Crippen molar-refractivity contribution in [2.24, 2.45) is 5.73 Å². The van der Waals surface area contributed by atoms with Gasteiger partial charge in [-0.3, -0.25) is 0 Å². The van der Waals surface area contributed by atoms with Crippen molar-refractivity contribution in [2.45, 2.75) is 0 Å². The number of nitrogens with two attached hydrogens (primary N) is 1. The first-order valence-corrected chi connectivity index (χ1v) is 3.77. The summed E-state index contributed by atoms with van der Waals surface area (Å²) in [5.74, 6) is 0. The van der Waals surface area contributed by atoms with Gasteiger partial charge in [0, 0.05) is 32.9 Å². The molecule has 0 saturated carbocycles. The molecule has 11 heavy (non-hydrogen) atoms. The topological polar surface area (TPSA) is 53.3 Å². The molecular formula is C7H18N4. The fourth-order valence-electron chi connectivity index (χ4n) is 0.687. The van der Waals surface area contributed by atoms with Crippen LogP contribution in [-0.2, 0) is 0 Å². The zero-order valence-electron chi connectivity index (χ0n) is 7.30. The summed E-state index contributed by atoms with van der Waals surface area (Å²) in [6.45, 7) is 2.57. The summed E-state index contributed by atoms with van der Waals surface area (Å²) in [6.07, 6.45) is 3.90. The monoisotopic (exact) mass is 158 g/mol. The normalized spacial score (nSPS) is 11.3. The molecule has 0 unspecified atom stereocenters. The predicted molar refractivity (Wildman–Crippen MR) is 47.9 cm³/mol. The van der Waals surface area contributed by atoms with Gasteiger partial charge in [0.15, 0.2) is 0 Å². The number of hydrogen-bond acceptors (Lipinski definition) is 4. The van der Waals surface area contributed by atoms with Crippen LogP contribution >= 0.6 is 0 Å². The van der Waals surface area contributed by atoms with E-state index in [4.69, 9.17) is 5.73 Å².